The summed E-state index contributed by atoms with van der Waals surface area (Å²) in [6.07, 6.45) is 0. The number of rotatable bonds is 6. The first-order valence-electron chi connectivity index (χ1n) is 4.02. The first kappa shape index (κ1) is 11.9. The SMILES string of the molecule is CCO[Si](C)(CCI)OCC. The molecular weight excluding hydrogens is 271 g/mol. The third-order valence-corrected chi connectivity index (χ3v) is 5.96. The van der Waals surface area contributed by atoms with Gasteiger partial charge in [-0.15, -0.1) is 0 Å². The maximum absolute atomic E-state index is 5.62. The first-order valence-corrected chi connectivity index (χ1v) is 8.07. The van der Waals surface area contributed by atoms with E-state index in [4.69, 9.17) is 8.85 Å². The van der Waals surface area contributed by atoms with Crippen molar-refractivity contribution in [3.8, 4) is 0 Å². The van der Waals surface area contributed by atoms with Crippen molar-refractivity contribution in [2.45, 2.75) is 26.4 Å². The highest BCUT2D eigenvalue weighted by molar-refractivity contribution is 14.1. The molecule has 0 saturated heterocycles. The van der Waals surface area contributed by atoms with E-state index in [-0.39, 0.29) is 0 Å². The van der Waals surface area contributed by atoms with Crippen molar-refractivity contribution in [1.29, 1.82) is 0 Å². The molecule has 0 aromatic rings. The normalized spacial score (nSPS) is 12.0. The molecule has 2 nitrogen and oxygen atoms in total. The Morgan fingerprint density at radius 3 is 1.91 bits per heavy atom. The number of alkyl halides is 1. The van der Waals surface area contributed by atoms with Gasteiger partial charge in [-0.25, -0.2) is 0 Å². The van der Waals surface area contributed by atoms with Gasteiger partial charge in [-0.1, -0.05) is 22.6 Å². The highest BCUT2D eigenvalue weighted by atomic mass is 127. The molecular formula is C7H17IO2Si. The largest absolute Gasteiger partial charge is 0.395 e. The molecule has 0 radical (unpaired) electrons. The fourth-order valence-corrected chi connectivity index (χ4v) is 5.84. The molecule has 0 amide bonds. The third-order valence-electron chi connectivity index (χ3n) is 1.45. The molecule has 0 spiro atoms. The Morgan fingerprint density at radius 2 is 1.64 bits per heavy atom. The van der Waals surface area contributed by atoms with Gasteiger partial charge in [-0.05, 0) is 26.4 Å². The van der Waals surface area contributed by atoms with Crippen molar-refractivity contribution in [2.24, 2.45) is 0 Å². The zero-order chi connectivity index (χ0) is 8.74. The Bertz CT molecular complexity index is 83.4. The minimum atomic E-state index is -1.76. The average molecular weight is 288 g/mol. The van der Waals surface area contributed by atoms with Gasteiger partial charge in [0.05, 0.1) is 0 Å². The van der Waals surface area contributed by atoms with Gasteiger partial charge < -0.3 is 8.85 Å². The first-order chi connectivity index (χ1) is 5.18. The highest BCUT2D eigenvalue weighted by Crippen LogP contribution is 2.14. The summed E-state index contributed by atoms with van der Waals surface area (Å²) in [6.45, 7) is 7.74. The molecule has 0 aliphatic rings. The van der Waals surface area contributed by atoms with Crippen LogP contribution in [-0.2, 0) is 8.85 Å². The molecule has 0 aliphatic carbocycles. The molecule has 0 bridgehead atoms. The van der Waals surface area contributed by atoms with E-state index in [1.807, 2.05) is 13.8 Å². The van der Waals surface area contributed by atoms with Crippen molar-refractivity contribution in [1.82, 2.24) is 0 Å². The van der Waals surface area contributed by atoms with Gasteiger partial charge in [0.2, 0.25) is 0 Å². The zero-order valence-electron chi connectivity index (χ0n) is 7.52. The summed E-state index contributed by atoms with van der Waals surface area (Å²) in [6, 6.07) is 1.09. The van der Waals surface area contributed by atoms with E-state index < -0.39 is 8.56 Å². The van der Waals surface area contributed by atoms with Crippen LogP contribution < -0.4 is 0 Å². The van der Waals surface area contributed by atoms with E-state index >= 15 is 0 Å². The second-order valence-electron chi connectivity index (χ2n) is 2.44. The van der Waals surface area contributed by atoms with Crippen LogP contribution in [0.5, 0.6) is 0 Å². The van der Waals surface area contributed by atoms with Crippen LogP contribution in [0, 0.1) is 0 Å². The maximum Gasteiger partial charge on any atom is 0.335 e. The Hall–Kier alpha value is 0.867. The van der Waals surface area contributed by atoms with E-state index in [1.54, 1.807) is 0 Å². The molecule has 0 aromatic heterocycles. The molecule has 0 N–H and O–H groups in total. The molecule has 4 heteroatoms. The average Bonchev–Trinajstić information content (AvgIpc) is 1.88. The lowest BCUT2D eigenvalue weighted by molar-refractivity contribution is 0.191. The van der Waals surface area contributed by atoms with Gasteiger partial charge in [0.1, 0.15) is 0 Å². The summed E-state index contributed by atoms with van der Waals surface area (Å²) in [5, 5.41) is 0. The van der Waals surface area contributed by atoms with Gasteiger partial charge in [-0.2, -0.15) is 0 Å². The Kier molecular flexibility index (Phi) is 6.89. The summed E-state index contributed by atoms with van der Waals surface area (Å²) in [4.78, 5) is 0. The van der Waals surface area contributed by atoms with E-state index in [0.717, 1.165) is 23.7 Å². The standard InChI is InChI=1S/C7H17IO2Si/c1-4-9-11(3,7-6-8)10-5-2/h4-7H2,1-3H3. The van der Waals surface area contributed by atoms with Crippen LogP contribution in [0.1, 0.15) is 13.8 Å². The Morgan fingerprint density at radius 1 is 1.18 bits per heavy atom. The fraction of sp³-hybridized carbons (Fsp3) is 1.00. The van der Waals surface area contributed by atoms with Crippen LogP contribution in [0.15, 0.2) is 0 Å². The maximum atomic E-state index is 5.62. The van der Waals surface area contributed by atoms with Crippen LogP contribution in [-0.4, -0.2) is 26.2 Å². The molecule has 11 heavy (non-hydrogen) atoms. The zero-order valence-corrected chi connectivity index (χ0v) is 10.7. The summed E-state index contributed by atoms with van der Waals surface area (Å²) in [7, 11) is -1.76. The highest BCUT2D eigenvalue weighted by Gasteiger charge is 2.29. The van der Waals surface area contributed by atoms with Gasteiger partial charge in [0.15, 0.2) is 0 Å². The molecule has 0 heterocycles. The van der Waals surface area contributed by atoms with Crippen LogP contribution in [0.3, 0.4) is 0 Å². The van der Waals surface area contributed by atoms with Crippen LogP contribution >= 0.6 is 22.6 Å². The minimum absolute atomic E-state index is 0.777. The lowest BCUT2D eigenvalue weighted by Crippen LogP contribution is -2.38. The molecule has 0 atom stereocenters. The second-order valence-corrected chi connectivity index (χ2v) is 6.86. The van der Waals surface area contributed by atoms with E-state index in [2.05, 4.69) is 29.1 Å². The van der Waals surface area contributed by atoms with Gasteiger partial charge in [-0.3, -0.25) is 0 Å². The van der Waals surface area contributed by atoms with Crippen LogP contribution in [0.25, 0.3) is 0 Å². The van der Waals surface area contributed by atoms with Crippen molar-refractivity contribution in [2.75, 3.05) is 17.6 Å². The molecule has 68 valence electrons. The summed E-state index contributed by atoms with van der Waals surface area (Å²) in [5.74, 6) is 0. The van der Waals surface area contributed by atoms with Crippen molar-refractivity contribution in [3.05, 3.63) is 0 Å². The van der Waals surface area contributed by atoms with Gasteiger partial charge in [0, 0.05) is 17.6 Å². The quantitative estimate of drug-likeness (QED) is 0.425. The van der Waals surface area contributed by atoms with Gasteiger partial charge >= 0.3 is 8.56 Å². The molecule has 0 saturated carbocycles. The monoisotopic (exact) mass is 288 g/mol. The minimum Gasteiger partial charge on any atom is -0.395 e. The Balaban J connectivity index is 3.79. The fourth-order valence-electron chi connectivity index (χ4n) is 0.968. The summed E-state index contributed by atoms with van der Waals surface area (Å²) >= 11 is 2.37. The third kappa shape index (κ3) is 5.16. The molecule has 0 aliphatic heterocycles. The summed E-state index contributed by atoms with van der Waals surface area (Å²) in [5.41, 5.74) is 0. The topological polar surface area (TPSA) is 18.5 Å². The van der Waals surface area contributed by atoms with E-state index in [1.165, 1.54) is 0 Å². The van der Waals surface area contributed by atoms with Gasteiger partial charge in [0.25, 0.3) is 0 Å². The smallest absolute Gasteiger partial charge is 0.335 e. The van der Waals surface area contributed by atoms with Crippen LogP contribution in [0.2, 0.25) is 12.6 Å². The second kappa shape index (κ2) is 6.39. The predicted molar refractivity (Wildman–Crippen MR) is 58.6 cm³/mol. The van der Waals surface area contributed by atoms with E-state index in [0.29, 0.717) is 0 Å². The Labute approximate surface area is 84.0 Å². The molecule has 0 unspecified atom stereocenters. The summed E-state index contributed by atoms with van der Waals surface area (Å²) < 4.78 is 12.4. The lowest BCUT2D eigenvalue weighted by Gasteiger charge is -2.24. The van der Waals surface area contributed by atoms with Crippen molar-refractivity contribution >= 4 is 31.2 Å². The van der Waals surface area contributed by atoms with Crippen molar-refractivity contribution in [3.63, 3.8) is 0 Å². The number of hydrogen-bond donors (Lipinski definition) is 0. The van der Waals surface area contributed by atoms with E-state index in [9.17, 15) is 0 Å². The van der Waals surface area contributed by atoms with Crippen LogP contribution in [0.4, 0.5) is 0 Å². The lowest BCUT2D eigenvalue weighted by atomic mass is 10.9. The molecule has 0 aromatic carbocycles. The number of halogens is 1. The molecule has 0 fully saturated rings. The number of hydrogen-bond acceptors (Lipinski definition) is 2. The van der Waals surface area contributed by atoms with Crippen molar-refractivity contribution < 1.29 is 8.85 Å². The predicted octanol–water partition coefficient (Wildman–Crippen LogP) is 2.57. The molecule has 0 rings (SSSR count).